The fourth-order valence-corrected chi connectivity index (χ4v) is 2.66. The number of pyridine rings is 1. The van der Waals surface area contributed by atoms with E-state index >= 15 is 0 Å². The van der Waals surface area contributed by atoms with Crippen molar-refractivity contribution in [3.8, 4) is 0 Å². The molecule has 1 aromatic carbocycles. The van der Waals surface area contributed by atoms with Crippen LogP contribution >= 0.6 is 0 Å². The SMILES string of the molecule is CN(C)S(=O)(=O)c1ccc2c(=O)c(C(=O)O)c[nH]c2c1. The highest BCUT2D eigenvalue weighted by atomic mass is 32.2. The number of fused-ring (bicyclic) bond motifs is 1. The van der Waals surface area contributed by atoms with Gasteiger partial charge in [-0.15, -0.1) is 0 Å². The molecule has 2 rings (SSSR count). The summed E-state index contributed by atoms with van der Waals surface area (Å²) in [6.07, 6.45) is 1.05. The summed E-state index contributed by atoms with van der Waals surface area (Å²) in [5, 5.41) is 8.99. The largest absolute Gasteiger partial charge is 0.477 e. The Bertz CT molecular complexity index is 852. The van der Waals surface area contributed by atoms with Gasteiger partial charge in [-0.25, -0.2) is 17.5 Å². The van der Waals surface area contributed by atoms with E-state index in [4.69, 9.17) is 5.11 Å². The number of carboxylic acid groups (broad SMARTS) is 1. The van der Waals surface area contributed by atoms with Crippen molar-refractivity contribution in [2.24, 2.45) is 0 Å². The van der Waals surface area contributed by atoms with Gasteiger partial charge in [0.1, 0.15) is 5.56 Å². The molecule has 0 aliphatic heterocycles. The smallest absolute Gasteiger partial charge is 0.341 e. The minimum absolute atomic E-state index is 0.0220. The summed E-state index contributed by atoms with van der Waals surface area (Å²) in [5.41, 5.74) is -0.774. The Morgan fingerprint density at radius 3 is 2.50 bits per heavy atom. The van der Waals surface area contributed by atoms with Crippen LogP contribution in [-0.2, 0) is 10.0 Å². The minimum Gasteiger partial charge on any atom is -0.477 e. The summed E-state index contributed by atoms with van der Waals surface area (Å²) in [7, 11) is -0.815. The zero-order valence-electron chi connectivity index (χ0n) is 10.7. The van der Waals surface area contributed by atoms with Gasteiger partial charge in [0.05, 0.1) is 10.4 Å². The van der Waals surface area contributed by atoms with Crippen LogP contribution in [-0.4, -0.2) is 42.9 Å². The Morgan fingerprint density at radius 2 is 1.95 bits per heavy atom. The molecule has 0 atom stereocenters. The van der Waals surface area contributed by atoms with Crippen LogP contribution in [0.25, 0.3) is 10.9 Å². The van der Waals surface area contributed by atoms with Crippen molar-refractivity contribution < 1.29 is 18.3 Å². The molecule has 0 aliphatic rings. The van der Waals surface area contributed by atoms with E-state index < -0.39 is 21.4 Å². The highest BCUT2D eigenvalue weighted by Gasteiger charge is 2.19. The first kappa shape index (κ1) is 14.2. The molecule has 0 fully saturated rings. The number of carbonyl (C=O) groups is 1. The van der Waals surface area contributed by atoms with E-state index in [2.05, 4.69) is 4.98 Å². The molecule has 8 heteroatoms. The second-order valence-electron chi connectivity index (χ2n) is 4.33. The number of benzene rings is 1. The fourth-order valence-electron chi connectivity index (χ4n) is 1.73. The third-order valence-corrected chi connectivity index (χ3v) is 4.67. The fraction of sp³-hybridized carbons (Fsp3) is 0.167. The molecule has 1 aromatic heterocycles. The van der Waals surface area contributed by atoms with Gasteiger partial charge in [-0.05, 0) is 18.2 Å². The van der Waals surface area contributed by atoms with Gasteiger partial charge in [0, 0.05) is 25.7 Å². The first-order chi connectivity index (χ1) is 9.25. The third-order valence-electron chi connectivity index (χ3n) is 2.86. The maximum absolute atomic E-state index is 12.0. The van der Waals surface area contributed by atoms with E-state index in [1.165, 1.54) is 32.3 Å². The summed E-state index contributed by atoms with van der Waals surface area (Å²) < 4.78 is 25.0. The van der Waals surface area contributed by atoms with Crippen LogP contribution in [0.3, 0.4) is 0 Å². The summed E-state index contributed by atoms with van der Waals surface area (Å²) in [6, 6.07) is 3.88. The lowest BCUT2D eigenvalue weighted by Gasteiger charge is -2.11. The van der Waals surface area contributed by atoms with E-state index in [0.717, 1.165) is 10.5 Å². The summed E-state index contributed by atoms with van der Waals surface area (Å²) in [5.74, 6) is -1.34. The van der Waals surface area contributed by atoms with E-state index in [1.807, 2.05) is 0 Å². The monoisotopic (exact) mass is 296 g/mol. The molecular weight excluding hydrogens is 284 g/mol. The van der Waals surface area contributed by atoms with Crippen LogP contribution in [0.1, 0.15) is 10.4 Å². The van der Waals surface area contributed by atoms with Crippen LogP contribution in [0.15, 0.2) is 34.1 Å². The van der Waals surface area contributed by atoms with Gasteiger partial charge in [0.15, 0.2) is 0 Å². The second-order valence-corrected chi connectivity index (χ2v) is 6.48. The van der Waals surface area contributed by atoms with E-state index in [-0.39, 0.29) is 21.4 Å². The van der Waals surface area contributed by atoms with Gasteiger partial charge < -0.3 is 10.1 Å². The average molecular weight is 296 g/mol. The number of nitrogens with one attached hydrogen (secondary N) is 1. The Balaban J connectivity index is 2.73. The van der Waals surface area contributed by atoms with Crippen molar-refractivity contribution in [1.82, 2.24) is 9.29 Å². The molecular formula is C12H12N2O5S. The standard InChI is InChI=1S/C12H12N2O5S/c1-14(2)20(18,19)7-3-4-8-10(5-7)13-6-9(11(8)15)12(16)17/h3-6H,1-2H3,(H,13,15)(H,16,17). The second kappa shape index (κ2) is 4.73. The molecule has 2 aromatic rings. The average Bonchev–Trinajstić information content (AvgIpc) is 2.38. The van der Waals surface area contributed by atoms with Crippen LogP contribution in [0, 0.1) is 0 Å². The molecule has 0 amide bonds. The van der Waals surface area contributed by atoms with Gasteiger partial charge in [0.25, 0.3) is 0 Å². The summed E-state index contributed by atoms with van der Waals surface area (Å²) >= 11 is 0. The highest BCUT2D eigenvalue weighted by Crippen LogP contribution is 2.17. The molecule has 7 nitrogen and oxygen atoms in total. The summed E-state index contributed by atoms with van der Waals surface area (Å²) in [6.45, 7) is 0. The number of H-pyrrole nitrogens is 1. The van der Waals surface area contributed by atoms with Gasteiger partial charge in [0.2, 0.25) is 15.5 Å². The van der Waals surface area contributed by atoms with Crippen molar-refractivity contribution in [3.05, 3.63) is 40.2 Å². The van der Waals surface area contributed by atoms with Gasteiger partial charge >= 0.3 is 5.97 Å². The zero-order valence-corrected chi connectivity index (χ0v) is 11.6. The predicted octanol–water partition coefficient (Wildman–Crippen LogP) is 0.477. The predicted molar refractivity (Wildman–Crippen MR) is 72.4 cm³/mol. The lowest BCUT2D eigenvalue weighted by molar-refractivity contribution is 0.0695. The molecule has 0 saturated heterocycles. The molecule has 106 valence electrons. The number of carboxylic acids is 1. The zero-order chi connectivity index (χ0) is 15.1. The van der Waals surface area contributed by atoms with Crippen molar-refractivity contribution in [1.29, 1.82) is 0 Å². The Labute approximate surface area is 114 Å². The lowest BCUT2D eigenvalue weighted by Crippen LogP contribution is -2.22. The molecule has 0 radical (unpaired) electrons. The maximum atomic E-state index is 12.0. The first-order valence-corrected chi connectivity index (χ1v) is 7.00. The van der Waals surface area contributed by atoms with Gasteiger partial charge in [-0.1, -0.05) is 0 Å². The normalized spacial score (nSPS) is 11.9. The van der Waals surface area contributed by atoms with E-state index in [9.17, 15) is 18.0 Å². The highest BCUT2D eigenvalue weighted by molar-refractivity contribution is 7.89. The Morgan fingerprint density at radius 1 is 1.30 bits per heavy atom. The minimum atomic E-state index is -3.61. The van der Waals surface area contributed by atoms with E-state index in [1.54, 1.807) is 0 Å². The van der Waals surface area contributed by atoms with Crippen molar-refractivity contribution in [2.75, 3.05) is 14.1 Å². The first-order valence-electron chi connectivity index (χ1n) is 5.56. The lowest BCUT2D eigenvalue weighted by atomic mass is 10.1. The molecule has 0 spiro atoms. The number of aromatic carboxylic acids is 1. The number of nitrogens with zero attached hydrogens (tertiary/aromatic N) is 1. The number of rotatable bonds is 3. The Hall–Kier alpha value is -2.19. The van der Waals surface area contributed by atoms with Crippen molar-refractivity contribution >= 4 is 26.9 Å². The molecule has 2 N–H and O–H groups in total. The molecule has 0 bridgehead atoms. The third kappa shape index (κ3) is 2.19. The Kier molecular flexibility index (Phi) is 3.36. The van der Waals surface area contributed by atoms with Gasteiger partial charge in [-0.2, -0.15) is 0 Å². The van der Waals surface area contributed by atoms with E-state index in [0.29, 0.717) is 0 Å². The van der Waals surface area contributed by atoms with Crippen LogP contribution in [0.5, 0.6) is 0 Å². The van der Waals surface area contributed by atoms with Crippen LogP contribution < -0.4 is 5.43 Å². The number of aromatic amines is 1. The summed E-state index contributed by atoms with van der Waals surface area (Å²) in [4.78, 5) is 25.4. The van der Waals surface area contributed by atoms with Crippen LogP contribution in [0.2, 0.25) is 0 Å². The molecule has 0 unspecified atom stereocenters. The maximum Gasteiger partial charge on any atom is 0.341 e. The number of hydrogen-bond donors (Lipinski definition) is 2. The number of aromatic nitrogens is 1. The van der Waals surface area contributed by atoms with Crippen LogP contribution in [0.4, 0.5) is 0 Å². The molecule has 0 saturated carbocycles. The molecule has 20 heavy (non-hydrogen) atoms. The van der Waals surface area contributed by atoms with Gasteiger partial charge in [-0.3, -0.25) is 4.79 Å². The number of sulfonamides is 1. The number of hydrogen-bond acceptors (Lipinski definition) is 4. The topological polar surface area (TPSA) is 108 Å². The van der Waals surface area contributed by atoms with Crippen molar-refractivity contribution in [3.63, 3.8) is 0 Å². The van der Waals surface area contributed by atoms with Crippen molar-refractivity contribution in [2.45, 2.75) is 4.90 Å². The molecule has 1 heterocycles. The quantitative estimate of drug-likeness (QED) is 0.856. The molecule has 0 aliphatic carbocycles.